The number of hydrogen-bond donors (Lipinski definition) is 1. The fourth-order valence-electron chi connectivity index (χ4n) is 4.48. The maximum atomic E-state index is 12.6. The Morgan fingerprint density at radius 2 is 1.70 bits per heavy atom. The molecular weight excluding hydrogens is 362 g/mol. The van der Waals surface area contributed by atoms with E-state index in [1.807, 2.05) is 17.0 Å². The van der Waals surface area contributed by atoms with E-state index < -0.39 is 10.0 Å². The molecule has 3 fully saturated rings. The van der Waals surface area contributed by atoms with Crippen LogP contribution in [0.1, 0.15) is 44.1 Å². The highest BCUT2D eigenvalue weighted by Gasteiger charge is 2.31. The lowest BCUT2D eigenvalue weighted by atomic mass is 10.1. The summed E-state index contributed by atoms with van der Waals surface area (Å²) in [4.78, 5) is 15.0. The number of amides is 1. The standard InChI is InChI=1S/C20H29N3O3S/c24-20(22-14-11-17-6-7-18(15-22)21-17)10-5-16-3-8-19(9-4-16)27(25,26)23-12-1-2-13-23/h3-4,8-9,17-18,21H,1-2,5-7,10-15H2. The first-order valence-electron chi connectivity index (χ1n) is 10.2. The molecule has 0 aromatic heterocycles. The second-order valence-corrected chi connectivity index (χ2v) is 9.96. The zero-order chi connectivity index (χ0) is 18.9. The molecule has 0 spiro atoms. The van der Waals surface area contributed by atoms with Crippen molar-refractivity contribution in [1.29, 1.82) is 0 Å². The van der Waals surface area contributed by atoms with Gasteiger partial charge in [-0.15, -0.1) is 0 Å². The van der Waals surface area contributed by atoms with Crippen LogP contribution in [0, 0.1) is 0 Å². The number of nitrogens with zero attached hydrogens (tertiary/aromatic N) is 2. The molecule has 6 nitrogen and oxygen atoms in total. The zero-order valence-electron chi connectivity index (χ0n) is 15.8. The summed E-state index contributed by atoms with van der Waals surface area (Å²) in [7, 11) is -3.36. The quantitative estimate of drug-likeness (QED) is 0.830. The summed E-state index contributed by atoms with van der Waals surface area (Å²) in [5, 5.41) is 3.60. The van der Waals surface area contributed by atoms with Gasteiger partial charge < -0.3 is 10.2 Å². The Morgan fingerprint density at radius 1 is 1.00 bits per heavy atom. The Kier molecular flexibility index (Phi) is 5.53. The molecule has 3 heterocycles. The van der Waals surface area contributed by atoms with Crippen LogP contribution in [0.25, 0.3) is 0 Å². The predicted octanol–water partition coefficient (Wildman–Crippen LogP) is 1.76. The average molecular weight is 392 g/mol. The molecule has 148 valence electrons. The summed E-state index contributed by atoms with van der Waals surface area (Å²) in [6.45, 7) is 2.90. The average Bonchev–Trinajstić information content (AvgIpc) is 3.30. The van der Waals surface area contributed by atoms with Gasteiger partial charge >= 0.3 is 0 Å². The van der Waals surface area contributed by atoms with Crippen molar-refractivity contribution in [3.05, 3.63) is 29.8 Å². The number of likely N-dealkylation sites (tertiary alicyclic amines) is 1. The first-order chi connectivity index (χ1) is 13.0. The first-order valence-corrected chi connectivity index (χ1v) is 11.6. The maximum Gasteiger partial charge on any atom is 0.243 e. The Bertz CT molecular complexity index is 772. The Labute approximate surface area is 162 Å². The molecule has 1 amide bonds. The number of aryl methyl sites for hydroxylation is 1. The molecule has 0 saturated carbocycles. The molecule has 0 aliphatic carbocycles. The van der Waals surface area contributed by atoms with Crippen molar-refractivity contribution in [3.63, 3.8) is 0 Å². The zero-order valence-corrected chi connectivity index (χ0v) is 16.6. The molecule has 2 atom stereocenters. The molecule has 3 aliphatic heterocycles. The van der Waals surface area contributed by atoms with Crippen LogP contribution < -0.4 is 5.32 Å². The summed E-state index contributed by atoms with van der Waals surface area (Å²) in [5.41, 5.74) is 1.01. The normalized spacial score (nSPS) is 26.3. The monoisotopic (exact) mass is 391 g/mol. The molecule has 3 saturated heterocycles. The fourth-order valence-corrected chi connectivity index (χ4v) is 6.00. The van der Waals surface area contributed by atoms with Crippen LogP contribution in [0.4, 0.5) is 0 Å². The molecule has 1 aromatic rings. The number of hydrogen-bond acceptors (Lipinski definition) is 4. The fraction of sp³-hybridized carbons (Fsp3) is 0.650. The van der Waals surface area contributed by atoms with Crippen LogP contribution >= 0.6 is 0 Å². The van der Waals surface area contributed by atoms with Gasteiger partial charge in [-0.05, 0) is 56.2 Å². The van der Waals surface area contributed by atoms with Crippen LogP contribution in [0.2, 0.25) is 0 Å². The number of rotatable bonds is 5. The smallest absolute Gasteiger partial charge is 0.243 e. The lowest BCUT2D eigenvalue weighted by Crippen LogP contribution is -2.39. The van der Waals surface area contributed by atoms with Crippen LogP contribution in [-0.2, 0) is 21.2 Å². The van der Waals surface area contributed by atoms with Gasteiger partial charge in [0.05, 0.1) is 4.90 Å². The van der Waals surface area contributed by atoms with Gasteiger partial charge in [-0.2, -0.15) is 4.31 Å². The molecule has 1 N–H and O–H groups in total. The second kappa shape index (κ2) is 7.89. The number of sulfonamides is 1. The second-order valence-electron chi connectivity index (χ2n) is 8.02. The van der Waals surface area contributed by atoms with Crippen LogP contribution in [0.15, 0.2) is 29.2 Å². The maximum absolute atomic E-state index is 12.6. The van der Waals surface area contributed by atoms with Crippen molar-refractivity contribution in [2.24, 2.45) is 0 Å². The Balaban J connectivity index is 1.32. The molecule has 3 aliphatic rings. The van der Waals surface area contributed by atoms with Crippen LogP contribution in [0.5, 0.6) is 0 Å². The van der Waals surface area contributed by atoms with Gasteiger partial charge in [-0.25, -0.2) is 8.42 Å². The SMILES string of the molecule is O=C(CCc1ccc(S(=O)(=O)N2CCCC2)cc1)N1CCC2CCC(C1)N2. The number of carbonyl (C=O) groups is 1. The Morgan fingerprint density at radius 3 is 2.44 bits per heavy atom. The lowest BCUT2D eigenvalue weighted by Gasteiger charge is -2.24. The van der Waals surface area contributed by atoms with Crippen molar-refractivity contribution >= 4 is 15.9 Å². The summed E-state index contributed by atoms with van der Waals surface area (Å²) < 4.78 is 26.7. The summed E-state index contributed by atoms with van der Waals surface area (Å²) in [6, 6.07) is 8.10. The molecule has 7 heteroatoms. The van der Waals surface area contributed by atoms with E-state index in [1.165, 1.54) is 12.8 Å². The lowest BCUT2D eigenvalue weighted by molar-refractivity contribution is -0.131. The van der Waals surface area contributed by atoms with Crippen molar-refractivity contribution in [2.45, 2.75) is 61.9 Å². The molecule has 27 heavy (non-hydrogen) atoms. The Hall–Kier alpha value is -1.44. The number of carbonyl (C=O) groups excluding carboxylic acids is 1. The number of fused-ring (bicyclic) bond motifs is 2. The number of benzene rings is 1. The molecule has 1 aromatic carbocycles. The van der Waals surface area contributed by atoms with Gasteiger partial charge in [-0.1, -0.05) is 12.1 Å². The van der Waals surface area contributed by atoms with Gasteiger partial charge in [-0.3, -0.25) is 4.79 Å². The van der Waals surface area contributed by atoms with E-state index in [1.54, 1.807) is 16.4 Å². The van der Waals surface area contributed by atoms with Gasteiger partial charge in [0.25, 0.3) is 0 Å². The van der Waals surface area contributed by atoms with E-state index in [4.69, 9.17) is 0 Å². The van der Waals surface area contributed by atoms with Gasteiger partial charge in [0.2, 0.25) is 15.9 Å². The topological polar surface area (TPSA) is 69.7 Å². The summed E-state index contributed by atoms with van der Waals surface area (Å²) >= 11 is 0. The van der Waals surface area contributed by atoms with Gasteiger partial charge in [0.1, 0.15) is 0 Å². The van der Waals surface area contributed by atoms with Gasteiger partial charge in [0.15, 0.2) is 0 Å². The molecule has 4 rings (SSSR count). The molecule has 2 bridgehead atoms. The third kappa shape index (κ3) is 4.20. The van der Waals surface area contributed by atoms with Crippen molar-refractivity contribution < 1.29 is 13.2 Å². The predicted molar refractivity (Wildman–Crippen MR) is 104 cm³/mol. The van der Waals surface area contributed by atoms with E-state index in [0.717, 1.165) is 37.9 Å². The van der Waals surface area contributed by atoms with E-state index in [-0.39, 0.29) is 5.91 Å². The highest BCUT2D eigenvalue weighted by Crippen LogP contribution is 2.23. The third-order valence-electron chi connectivity index (χ3n) is 6.13. The van der Waals surface area contributed by atoms with Gasteiger partial charge in [0, 0.05) is 44.7 Å². The minimum atomic E-state index is -3.36. The van der Waals surface area contributed by atoms with E-state index in [9.17, 15) is 13.2 Å². The summed E-state index contributed by atoms with van der Waals surface area (Å²) in [6.07, 6.45) is 6.46. The van der Waals surface area contributed by atoms with E-state index >= 15 is 0 Å². The molecule has 0 radical (unpaired) electrons. The number of nitrogens with one attached hydrogen (secondary N) is 1. The molecule has 2 unspecified atom stereocenters. The van der Waals surface area contributed by atoms with Crippen LogP contribution in [-0.4, -0.2) is 61.8 Å². The summed E-state index contributed by atoms with van der Waals surface area (Å²) in [5.74, 6) is 0.207. The van der Waals surface area contributed by atoms with E-state index in [0.29, 0.717) is 42.9 Å². The van der Waals surface area contributed by atoms with Crippen molar-refractivity contribution in [3.8, 4) is 0 Å². The van der Waals surface area contributed by atoms with Crippen LogP contribution in [0.3, 0.4) is 0 Å². The minimum Gasteiger partial charge on any atom is -0.341 e. The third-order valence-corrected chi connectivity index (χ3v) is 8.04. The van der Waals surface area contributed by atoms with E-state index in [2.05, 4.69) is 5.32 Å². The van der Waals surface area contributed by atoms with Crippen molar-refractivity contribution in [2.75, 3.05) is 26.2 Å². The highest BCUT2D eigenvalue weighted by atomic mass is 32.2. The minimum absolute atomic E-state index is 0.207. The molecular formula is C20H29N3O3S. The first kappa shape index (κ1) is 18.9. The highest BCUT2D eigenvalue weighted by molar-refractivity contribution is 7.89. The largest absolute Gasteiger partial charge is 0.341 e. The van der Waals surface area contributed by atoms with Crippen molar-refractivity contribution in [1.82, 2.24) is 14.5 Å².